The summed E-state index contributed by atoms with van der Waals surface area (Å²) in [4.78, 5) is 77.4. The van der Waals surface area contributed by atoms with E-state index in [0.717, 1.165) is 146 Å². The van der Waals surface area contributed by atoms with E-state index in [0.29, 0.717) is 121 Å². The smallest absolute Gasteiger partial charge is 0.416 e. The average molecular weight is 1730 g/mol. The molecule has 119 heavy (non-hydrogen) atoms. The Kier molecular flexibility index (Phi) is 25.8. The second kappa shape index (κ2) is 35.8. The van der Waals surface area contributed by atoms with Gasteiger partial charge in [-0.2, -0.15) is 17.5 Å². The lowest BCUT2D eigenvalue weighted by molar-refractivity contribution is -0.160. The molecule has 17 rings (SSSR count). The zero-order valence-corrected chi connectivity index (χ0v) is 68.9. The van der Waals surface area contributed by atoms with Gasteiger partial charge < -0.3 is 38.7 Å². The van der Waals surface area contributed by atoms with Crippen LogP contribution in [0.25, 0.3) is 43.6 Å². The predicted octanol–water partition coefficient (Wildman–Crippen LogP) is 24.1. The standard InChI is InChI=1S/C24H23F4NO4S.C23H21ClFNO2.C22H19ClFNO3S.C22H19ClFNO3/c1-13(14-6-8-16(9-7-14)24(26,27)28)29-22-15(10-21(30)31)4-3-5-18(22)19-11-17(25)12-20(23(19)29)34-33-32-2;24-16-6-1-13(2-7-16)12-26-22-15(9-21(27)28)5-8-18(22)20-11-17(25)10-19(23(20)26)14-3-4-14;1-12(26)17-10-15(24)11-18-20(17)22(29-16-6-4-14(23)5-7-16)21-13(9-19(27)28)3-2-8-25(18)21;1-12(26)18-9-16(24)10-19-17-7-4-14(8-20(27)28)21(17)25(22(18)19)11-13-2-5-15(23)6-3-13/h6-9,11-13,15H,3-5,10H2,1-2H3,(H,30,31);1-2,6-7,10-11,14-15H,3-5,8-9,12H2,(H,27,28);4-7,10-11,13H,2-3,8-9H2,1H3,(H,27,28);2-3,5-6,9-10,14H,4,7-8,11H2,1H3,(H,27,28)/t13-,15+;15-;13-;14-/m0111/s1. The third-order valence-corrected chi connectivity index (χ3v) is 25.7. The molecule has 620 valence electrons. The first-order chi connectivity index (χ1) is 56.8. The van der Waals surface area contributed by atoms with E-state index >= 15 is 0 Å². The maximum atomic E-state index is 14.6. The molecule has 16 nitrogen and oxygen atoms in total. The molecule has 5 aliphatic rings. The van der Waals surface area contributed by atoms with Gasteiger partial charge in [0.15, 0.2) is 11.6 Å². The highest BCUT2D eigenvalue weighted by atomic mass is 35.5. The number of nitrogens with zero attached hydrogens (tertiary/aromatic N) is 4. The van der Waals surface area contributed by atoms with Crippen molar-refractivity contribution in [1.82, 2.24) is 18.3 Å². The van der Waals surface area contributed by atoms with Crippen LogP contribution >= 0.6 is 58.6 Å². The molecule has 1 saturated carbocycles. The number of hydrogen-bond donors (Lipinski definition) is 4. The number of carboxylic acid groups (broad SMARTS) is 4. The summed E-state index contributed by atoms with van der Waals surface area (Å²) in [6.07, 6.45) is 4.38. The van der Waals surface area contributed by atoms with Crippen molar-refractivity contribution in [2.75, 3.05) is 7.11 Å². The molecular weight excluding hydrogens is 1640 g/mol. The molecule has 28 heteroatoms. The number of rotatable bonds is 22. The van der Waals surface area contributed by atoms with Crippen LogP contribution in [0.15, 0.2) is 160 Å². The second-order valence-corrected chi connectivity index (χ2v) is 34.1. The number of hydrogen-bond acceptors (Lipinski definition) is 10. The summed E-state index contributed by atoms with van der Waals surface area (Å²) in [5, 5.41) is 42.6. The van der Waals surface area contributed by atoms with Gasteiger partial charge in [-0.15, -0.1) is 0 Å². The molecular formula is C91H82Cl3F7N4O12S2. The Labute approximate surface area is 703 Å². The van der Waals surface area contributed by atoms with Crippen LogP contribution in [0.2, 0.25) is 15.1 Å². The van der Waals surface area contributed by atoms with E-state index in [2.05, 4.69) is 9.45 Å². The highest BCUT2D eigenvalue weighted by Gasteiger charge is 2.40. The SMILES string of the molecule is CC(=O)c1cc(F)cc2c1c(Sc1ccc(Cl)cc1)c1n2CCC[C@@H]1CC(=O)O.CC(=O)c1cc(F)cc2c3c(n(Cc4ccc(Cl)cc4)c12)[C@@H](CC(=O)O)CC3.COOSc1cc(F)cc2c3c(n([C@@H](C)c4ccc(C(F)(F)F)cc4)c12)[C@@H](CC(=O)O)CCC3.O=C(O)C[C@H]1CCc2c1n(Cc1ccc(Cl)cc1)c1c(C3CC3)cc(F)cc21. The van der Waals surface area contributed by atoms with Crippen molar-refractivity contribution < 1.29 is 89.1 Å². The number of alkyl halides is 3. The van der Waals surface area contributed by atoms with Crippen LogP contribution in [0, 0.1) is 23.3 Å². The summed E-state index contributed by atoms with van der Waals surface area (Å²) in [5.41, 5.74) is 13.3. The Balaban J connectivity index is 0.000000131. The first kappa shape index (κ1) is 85.6. The largest absolute Gasteiger partial charge is 0.481 e. The Morgan fingerprint density at radius 2 is 0.966 bits per heavy atom. The fraction of sp³-hybridized carbons (Fsp3) is 0.319. The monoisotopic (exact) mass is 1720 g/mol. The van der Waals surface area contributed by atoms with Crippen LogP contribution in [-0.4, -0.2) is 81.2 Å². The summed E-state index contributed by atoms with van der Waals surface area (Å²) < 4.78 is 110. The maximum absolute atomic E-state index is 14.6. The molecule has 1 aliphatic heterocycles. The van der Waals surface area contributed by atoms with Gasteiger partial charge in [-0.1, -0.05) is 83.0 Å². The molecule has 0 amide bonds. The number of ketones is 2. The van der Waals surface area contributed by atoms with E-state index in [-0.39, 0.29) is 66.7 Å². The predicted molar refractivity (Wildman–Crippen MR) is 444 cm³/mol. The first-order valence-electron chi connectivity index (χ1n) is 39.1. The van der Waals surface area contributed by atoms with Crippen molar-refractivity contribution in [3.8, 4) is 0 Å². The van der Waals surface area contributed by atoms with E-state index in [1.807, 2.05) is 69.2 Å². The van der Waals surface area contributed by atoms with Crippen LogP contribution < -0.4 is 0 Å². The number of benzene rings is 8. The highest BCUT2D eigenvalue weighted by molar-refractivity contribution is 7.99. The number of aliphatic carboxylic acids is 4. The molecule has 0 unspecified atom stereocenters. The average Bonchev–Trinajstić information content (AvgIpc) is 1.60. The summed E-state index contributed by atoms with van der Waals surface area (Å²) >= 11 is 20.3. The molecule has 4 aliphatic carbocycles. The quantitative estimate of drug-likeness (QED) is 0.0163. The van der Waals surface area contributed by atoms with Crippen molar-refractivity contribution in [2.24, 2.45) is 0 Å². The van der Waals surface area contributed by atoms with E-state index in [1.54, 1.807) is 36.4 Å². The third-order valence-electron chi connectivity index (χ3n) is 23.1. The van der Waals surface area contributed by atoms with Crippen molar-refractivity contribution >= 4 is 138 Å². The lowest BCUT2D eigenvalue weighted by Gasteiger charge is -2.28. The van der Waals surface area contributed by atoms with Crippen LogP contribution in [0.5, 0.6) is 0 Å². The van der Waals surface area contributed by atoms with E-state index in [1.165, 1.54) is 81.3 Å². The molecule has 4 aromatic heterocycles. The molecule has 0 saturated heterocycles. The second-order valence-electron chi connectivity index (χ2n) is 31.0. The van der Waals surface area contributed by atoms with Crippen molar-refractivity contribution in [3.63, 3.8) is 0 Å². The summed E-state index contributed by atoms with van der Waals surface area (Å²) in [6.45, 7) is 6.47. The van der Waals surface area contributed by atoms with Crippen LogP contribution in [0.4, 0.5) is 30.7 Å². The number of carbonyl (C=O) groups excluding carboxylic acids is 2. The molecule has 8 aromatic carbocycles. The molecule has 5 heterocycles. The van der Waals surface area contributed by atoms with Crippen LogP contribution in [0.1, 0.15) is 221 Å². The van der Waals surface area contributed by atoms with Gasteiger partial charge in [-0.25, -0.2) is 22.4 Å². The van der Waals surface area contributed by atoms with E-state index < -0.39 is 59.1 Å². The Bertz CT molecular complexity index is 5960. The molecule has 0 spiro atoms. The van der Waals surface area contributed by atoms with Crippen molar-refractivity contribution in [2.45, 2.75) is 193 Å². The number of Topliss-reactive ketones (excluding diaryl/α,β-unsaturated/α-hetero) is 2. The molecule has 4 N–H and O–H groups in total. The normalized spacial score (nSPS) is 16.9. The number of carbonyl (C=O) groups is 6. The maximum Gasteiger partial charge on any atom is 0.416 e. The minimum absolute atomic E-state index is 0.00237. The Hall–Kier alpha value is -9.86. The number of aromatic nitrogens is 4. The van der Waals surface area contributed by atoms with Gasteiger partial charge >= 0.3 is 30.1 Å². The third kappa shape index (κ3) is 18.4. The molecule has 1 fully saturated rings. The summed E-state index contributed by atoms with van der Waals surface area (Å²) in [5.74, 6) is -5.74. The van der Waals surface area contributed by atoms with Gasteiger partial charge in [-0.3, -0.25) is 28.8 Å². The molecule has 12 aromatic rings. The van der Waals surface area contributed by atoms with Gasteiger partial charge in [0, 0.05) is 124 Å². The van der Waals surface area contributed by atoms with Crippen LogP contribution in [0.3, 0.4) is 0 Å². The summed E-state index contributed by atoms with van der Waals surface area (Å²) in [6, 6.07) is 38.4. The van der Waals surface area contributed by atoms with E-state index in [4.69, 9.17) is 39.1 Å². The lowest BCUT2D eigenvalue weighted by atomic mass is 9.84. The zero-order valence-electron chi connectivity index (χ0n) is 65.0. The van der Waals surface area contributed by atoms with Crippen molar-refractivity contribution in [3.05, 3.63) is 262 Å². The topological polar surface area (TPSA) is 222 Å². The van der Waals surface area contributed by atoms with Gasteiger partial charge in [-0.05, 0) is 245 Å². The number of halogens is 10. The number of aryl methyl sites for hydroxylation is 4. The molecule has 0 bridgehead atoms. The fourth-order valence-electron chi connectivity index (χ4n) is 18.1. The minimum atomic E-state index is -4.45. The number of carboxylic acids is 4. The fourth-order valence-corrected chi connectivity index (χ4v) is 20.3. The Morgan fingerprint density at radius 1 is 0.513 bits per heavy atom. The van der Waals surface area contributed by atoms with Crippen molar-refractivity contribution in [1.29, 1.82) is 0 Å². The van der Waals surface area contributed by atoms with Gasteiger partial charge in [0.2, 0.25) is 0 Å². The highest BCUT2D eigenvalue weighted by Crippen LogP contribution is 2.53. The van der Waals surface area contributed by atoms with Crippen LogP contribution in [-0.2, 0) is 73.5 Å². The van der Waals surface area contributed by atoms with E-state index in [9.17, 15) is 79.9 Å². The molecule has 0 radical (unpaired) electrons. The van der Waals surface area contributed by atoms with Gasteiger partial charge in [0.1, 0.15) is 23.3 Å². The first-order valence-corrected chi connectivity index (χ1v) is 41.8. The zero-order chi connectivity index (χ0) is 84.7. The van der Waals surface area contributed by atoms with Gasteiger partial charge in [0.05, 0.1) is 83.4 Å². The molecule has 5 atom stereocenters. The lowest BCUT2D eigenvalue weighted by Crippen LogP contribution is -2.19. The summed E-state index contributed by atoms with van der Waals surface area (Å²) in [7, 11) is 1.32. The number of fused-ring (bicyclic) bond motifs is 12. The Morgan fingerprint density at radius 3 is 1.48 bits per heavy atom. The van der Waals surface area contributed by atoms with Gasteiger partial charge in [0.25, 0.3) is 0 Å². The minimum Gasteiger partial charge on any atom is -0.481 e.